The van der Waals surface area contributed by atoms with Crippen molar-refractivity contribution in [3.63, 3.8) is 0 Å². The zero-order valence-electron chi connectivity index (χ0n) is 10.5. The van der Waals surface area contributed by atoms with Crippen LogP contribution in [0.1, 0.15) is 24.2 Å². The molecule has 2 N–H and O–H groups in total. The number of hydrogen-bond donors (Lipinski definition) is 1. The number of hydrogen-bond acceptors (Lipinski definition) is 2. The molecule has 0 aliphatic heterocycles. The lowest BCUT2D eigenvalue weighted by molar-refractivity contribution is -0.118. The van der Waals surface area contributed by atoms with Crippen LogP contribution in [0.15, 0.2) is 24.3 Å². The van der Waals surface area contributed by atoms with E-state index in [1.54, 1.807) is 12.1 Å². The molecule has 0 radical (unpaired) electrons. The Bertz CT molecular complexity index is 429. The molecule has 4 nitrogen and oxygen atoms in total. The van der Waals surface area contributed by atoms with E-state index in [0.717, 1.165) is 3.57 Å². The Labute approximate surface area is 121 Å². The van der Waals surface area contributed by atoms with Crippen molar-refractivity contribution < 1.29 is 9.59 Å². The topological polar surface area (TPSA) is 63.4 Å². The maximum Gasteiger partial charge on any atom is 0.254 e. The highest BCUT2D eigenvalue weighted by atomic mass is 127. The van der Waals surface area contributed by atoms with Gasteiger partial charge in [0, 0.05) is 15.7 Å². The number of carbonyl (C=O) groups excluding carboxylic acids is 2. The highest BCUT2D eigenvalue weighted by Gasteiger charge is 2.18. The second-order valence-electron chi connectivity index (χ2n) is 4.55. The standard InChI is InChI=1S/C13H17IN2O2/c1-9(2)7-16(8-12(15)17)13(18)10-3-5-11(14)6-4-10/h3-6,9H,7-8H2,1-2H3,(H2,15,17). The molecule has 0 aromatic heterocycles. The average Bonchev–Trinajstić information content (AvgIpc) is 2.27. The van der Waals surface area contributed by atoms with Gasteiger partial charge in [-0.1, -0.05) is 13.8 Å². The van der Waals surface area contributed by atoms with Gasteiger partial charge in [-0.3, -0.25) is 9.59 Å². The normalized spacial score (nSPS) is 10.4. The van der Waals surface area contributed by atoms with Gasteiger partial charge in [0.1, 0.15) is 0 Å². The molecule has 2 amide bonds. The monoisotopic (exact) mass is 360 g/mol. The molecule has 0 fully saturated rings. The van der Waals surface area contributed by atoms with Crippen molar-refractivity contribution >= 4 is 34.4 Å². The molecule has 0 heterocycles. The van der Waals surface area contributed by atoms with Crippen molar-refractivity contribution in [2.45, 2.75) is 13.8 Å². The molecule has 0 saturated carbocycles. The van der Waals surface area contributed by atoms with Crippen molar-refractivity contribution in [2.75, 3.05) is 13.1 Å². The summed E-state index contributed by atoms with van der Waals surface area (Å²) in [4.78, 5) is 24.7. The Morgan fingerprint density at radius 3 is 2.28 bits per heavy atom. The van der Waals surface area contributed by atoms with Gasteiger partial charge in [0.2, 0.25) is 5.91 Å². The van der Waals surface area contributed by atoms with Crippen LogP contribution < -0.4 is 5.73 Å². The highest BCUT2D eigenvalue weighted by Crippen LogP contribution is 2.10. The van der Waals surface area contributed by atoms with E-state index in [0.29, 0.717) is 12.1 Å². The first kappa shape index (κ1) is 14.9. The molecule has 0 atom stereocenters. The molecule has 5 heteroatoms. The fourth-order valence-corrected chi connectivity index (χ4v) is 1.98. The molecule has 0 aliphatic carbocycles. The third-order valence-electron chi connectivity index (χ3n) is 2.31. The van der Waals surface area contributed by atoms with Crippen LogP contribution in [-0.4, -0.2) is 29.8 Å². The van der Waals surface area contributed by atoms with Crippen LogP contribution in [0.25, 0.3) is 0 Å². The van der Waals surface area contributed by atoms with Crippen LogP contribution in [0, 0.1) is 9.49 Å². The SMILES string of the molecule is CC(C)CN(CC(N)=O)C(=O)c1ccc(I)cc1. The lowest BCUT2D eigenvalue weighted by atomic mass is 10.1. The molecule has 0 aliphatic rings. The number of amides is 2. The van der Waals surface area contributed by atoms with Crippen molar-refractivity contribution in [2.24, 2.45) is 11.7 Å². The number of carbonyl (C=O) groups is 2. The van der Waals surface area contributed by atoms with E-state index in [-0.39, 0.29) is 18.4 Å². The lowest BCUT2D eigenvalue weighted by Crippen LogP contribution is -2.40. The van der Waals surface area contributed by atoms with Gasteiger partial charge in [0.25, 0.3) is 5.91 Å². The highest BCUT2D eigenvalue weighted by molar-refractivity contribution is 14.1. The first-order valence-electron chi connectivity index (χ1n) is 5.73. The number of rotatable bonds is 5. The molecule has 1 aromatic carbocycles. The van der Waals surface area contributed by atoms with E-state index >= 15 is 0 Å². The van der Waals surface area contributed by atoms with Gasteiger partial charge < -0.3 is 10.6 Å². The molecule has 0 spiro atoms. The third kappa shape index (κ3) is 4.64. The summed E-state index contributed by atoms with van der Waals surface area (Å²) in [6, 6.07) is 7.26. The largest absolute Gasteiger partial charge is 0.368 e. The van der Waals surface area contributed by atoms with E-state index in [1.807, 2.05) is 26.0 Å². The molecule has 0 saturated heterocycles. The van der Waals surface area contributed by atoms with Crippen LogP contribution >= 0.6 is 22.6 Å². The summed E-state index contributed by atoms with van der Waals surface area (Å²) in [6.45, 7) is 4.47. The molecule has 0 bridgehead atoms. The summed E-state index contributed by atoms with van der Waals surface area (Å²) >= 11 is 2.18. The average molecular weight is 360 g/mol. The van der Waals surface area contributed by atoms with Gasteiger partial charge in [-0.25, -0.2) is 0 Å². The van der Waals surface area contributed by atoms with Gasteiger partial charge in [0.15, 0.2) is 0 Å². The molecule has 18 heavy (non-hydrogen) atoms. The van der Waals surface area contributed by atoms with Gasteiger partial charge in [-0.15, -0.1) is 0 Å². The van der Waals surface area contributed by atoms with E-state index in [2.05, 4.69) is 22.6 Å². The second-order valence-corrected chi connectivity index (χ2v) is 5.80. The maximum atomic E-state index is 12.2. The van der Waals surface area contributed by atoms with Crippen molar-refractivity contribution in [3.8, 4) is 0 Å². The van der Waals surface area contributed by atoms with Crippen molar-refractivity contribution in [3.05, 3.63) is 33.4 Å². The Kier molecular flexibility index (Phi) is 5.58. The Morgan fingerprint density at radius 1 is 1.28 bits per heavy atom. The van der Waals surface area contributed by atoms with Crippen molar-refractivity contribution in [1.29, 1.82) is 0 Å². The van der Waals surface area contributed by atoms with E-state index in [4.69, 9.17) is 5.73 Å². The minimum atomic E-state index is -0.491. The number of nitrogens with zero attached hydrogens (tertiary/aromatic N) is 1. The van der Waals surface area contributed by atoms with E-state index in [9.17, 15) is 9.59 Å². The number of primary amides is 1. The quantitative estimate of drug-likeness (QED) is 0.815. The maximum absolute atomic E-state index is 12.2. The molecule has 98 valence electrons. The molecule has 1 aromatic rings. The van der Waals surface area contributed by atoms with Crippen LogP contribution in [-0.2, 0) is 4.79 Å². The smallest absolute Gasteiger partial charge is 0.254 e. The fourth-order valence-electron chi connectivity index (χ4n) is 1.62. The zero-order valence-corrected chi connectivity index (χ0v) is 12.7. The molecule has 1 rings (SSSR count). The van der Waals surface area contributed by atoms with Gasteiger partial charge in [-0.2, -0.15) is 0 Å². The van der Waals surface area contributed by atoms with Crippen LogP contribution in [0.5, 0.6) is 0 Å². The summed E-state index contributed by atoms with van der Waals surface area (Å²) in [6.07, 6.45) is 0. The summed E-state index contributed by atoms with van der Waals surface area (Å²) in [5, 5.41) is 0. The minimum Gasteiger partial charge on any atom is -0.368 e. The molecule has 0 unspecified atom stereocenters. The van der Waals surface area contributed by atoms with E-state index in [1.165, 1.54) is 4.90 Å². The number of benzene rings is 1. The molecular formula is C13H17IN2O2. The minimum absolute atomic E-state index is 0.0387. The summed E-state index contributed by atoms with van der Waals surface area (Å²) < 4.78 is 1.06. The fraction of sp³-hybridized carbons (Fsp3) is 0.385. The Hall–Kier alpha value is -1.11. The van der Waals surface area contributed by atoms with Gasteiger partial charge in [-0.05, 0) is 52.8 Å². The van der Waals surface area contributed by atoms with Gasteiger partial charge in [0.05, 0.1) is 6.54 Å². The Morgan fingerprint density at radius 2 is 1.83 bits per heavy atom. The third-order valence-corrected chi connectivity index (χ3v) is 3.03. The van der Waals surface area contributed by atoms with E-state index < -0.39 is 5.91 Å². The van der Waals surface area contributed by atoms with Crippen molar-refractivity contribution in [1.82, 2.24) is 4.90 Å². The summed E-state index contributed by atoms with van der Waals surface area (Å²) in [7, 11) is 0. The number of nitrogens with two attached hydrogens (primary N) is 1. The Balaban J connectivity index is 2.87. The number of halogens is 1. The predicted molar refractivity (Wildman–Crippen MR) is 79.1 cm³/mol. The second kappa shape index (κ2) is 6.72. The van der Waals surface area contributed by atoms with Crippen LogP contribution in [0.4, 0.5) is 0 Å². The van der Waals surface area contributed by atoms with Crippen LogP contribution in [0.2, 0.25) is 0 Å². The first-order valence-corrected chi connectivity index (χ1v) is 6.81. The zero-order chi connectivity index (χ0) is 13.7. The molecular weight excluding hydrogens is 343 g/mol. The summed E-state index contributed by atoms with van der Waals surface area (Å²) in [5.41, 5.74) is 5.76. The predicted octanol–water partition coefficient (Wildman–Crippen LogP) is 1.87. The van der Waals surface area contributed by atoms with Crippen LogP contribution in [0.3, 0.4) is 0 Å². The summed E-state index contributed by atoms with van der Waals surface area (Å²) in [5.74, 6) is -0.356. The van der Waals surface area contributed by atoms with Gasteiger partial charge >= 0.3 is 0 Å². The first-order chi connectivity index (χ1) is 8.40. The lowest BCUT2D eigenvalue weighted by Gasteiger charge is -2.23.